The molecule has 1 aliphatic rings. The van der Waals surface area contributed by atoms with Gasteiger partial charge in [0.25, 0.3) is 0 Å². The lowest BCUT2D eigenvalue weighted by molar-refractivity contribution is 0.637. The van der Waals surface area contributed by atoms with Crippen LogP contribution in [0.3, 0.4) is 0 Å². The topological polar surface area (TPSA) is 12.0 Å². The monoisotopic (exact) mass is 135 g/mol. The first-order valence-electron chi connectivity index (χ1n) is 3.56. The second-order valence-corrected chi connectivity index (χ2v) is 2.65. The Labute approximate surface area is 62.1 Å². The number of hydrogen-bond donors (Lipinski definition) is 1. The summed E-state index contributed by atoms with van der Waals surface area (Å²) in [6, 6.07) is 0.508. The van der Waals surface area contributed by atoms with E-state index < -0.39 is 0 Å². The standard InChI is InChI=1S/C9H13N/c1-8-5-3-4-6-10-9(2)7-8/h3-6,9-10H,1,7H2,2H3/b5-3-,6-4-. The average molecular weight is 135 g/mol. The van der Waals surface area contributed by atoms with Gasteiger partial charge in [-0.1, -0.05) is 24.3 Å². The zero-order chi connectivity index (χ0) is 7.40. The van der Waals surface area contributed by atoms with Gasteiger partial charge in [-0.2, -0.15) is 0 Å². The first kappa shape index (κ1) is 7.13. The third-order valence-corrected chi connectivity index (χ3v) is 1.49. The number of nitrogens with one attached hydrogen (secondary N) is 1. The van der Waals surface area contributed by atoms with Crippen LogP contribution in [0, 0.1) is 0 Å². The van der Waals surface area contributed by atoms with Crippen LogP contribution in [-0.4, -0.2) is 6.04 Å². The molecule has 1 N–H and O–H groups in total. The molecule has 0 radical (unpaired) electrons. The molecule has 0 saturated carbocycles. The molecule has 1 nitrogen and oxygen atoms in total. The average Bonchev–Trinajstić information content (AvgIpc) is 1.83. The van der Waals surface area contributed by atoms with E-state index in [1.54, 1.807) is 0 Å². The zero-order valence-electron chi connectivity index (χ0n) is 6.30. The Hall–Kier alpha value is -0.980. The van der Waals surface area contributed by atoms with Crippen molar-refractivity contribution in [1.82, 2.24) is 5.32 Å². The lowest BCUT2D eigenvalue weighted by atomic mass is 10.1. The fourth-order valence-corrected chi connectivity index (χ4v) is 0.987. The van der Waals surface area contributed by atoms with Crippen molar-refractivity contribution in [2.24, 2.45) is 0 Å². The smallest absolute Gasteiger partial charge is 0.0267 e. The Kier molecular flexibility index (Phi) is 2.32. The molecule has 0 amide bonds. The fraction of sp³-hybridized carbons (Fsp3) is 0.333. The van der Waals surface area contributed by atoms with E-state index in [0.29, 0.717) is 6.04 Å². The van der Waals surface area contributed by atoms with Crippen molar-refractivity contribution in [2.45, 2.75) is 19.4 Å². The molecule has 1 atom stereocenters. The van der Waals surface area contributed by atoms with Gasteiger partial charge in [0.15, 0.2) is 0 Å². The van der Waals surface area contributed by atoms with Crippen LogP contribution >= 0.6 is 0 Å². The minimum Gasteiger partial charge on any atom is -0.388 e. The molecule has 1 unspecified atom stereocenters. The Morgan fingerprint density at radius 1 is 1.60 bits per heavy atom. The fourth-order valence-electron chi connectivity index (χ4n) is 0.987. The summed E-state index contributed by atoms with van der Waals surface area (Å²) in [5.41, 5.74) is 1.18. The second kappa shape index (κ2) is 3.25. The van der Waals surface area contributed by atoms with E-state index in [1.165, 1.54) is 5.57 Å². The maximum absolute atomic E-state index is 3.91. The van der Waals surface area contributed by atoms with Crippen molar-refractivity contribution in [3.63, 3.8) is 0 Å². The quantitative estimate of drug-likeness (QED) is 0.535. The zero-order valence-corrected chi connectivity index (χ0v) is 6.30. The first-order valence-corrected chi connectivity index (χ1v) is 3.56. The van der Waals surface area contributed by atoms with Crippen LogP contribution < -0.4 is 5.32 Å². The third-order valence-electron chi connectivity index (χ3n) is 1.49. The Bertz CT molecular complexity index is 177. The molecule has 0 bridgehead atoms. The molecule has 0 fully saturated rings. The minimum absolute atomic E-state index is 0.508. The van der Waals surface area contributed by atoms with Gasteiger partial charge in [-0.25, -0.2) is 0 Å². The van der Waals surface area contributed by atoms with Crippen molar-refractivity contribution in [1.29, 1.82) is 0 Å². The highest BCUT2D eigenvalue weighted by Crippen LogP contribution is 2.06. The van der Waals surface area contributed by atoms with Crippen LogP contribution in [0.25, 0.3) is 0 Å². The normalized spacial score (nSPS) is 31.7. The van der Waals surface area contributed by atoms with Crippen molar-refractivity contribution in [3.8, 4) is 0 Å². The summed E-state index contributed by atoms with van der Waals surface area (Å²) in [6.07, 6.45) is 9.03. The second-order valence-electron chi connectivity index (χ2n) is 2.65. The van der Waals surface area contributed by atoms with Crippen molar-refractivity contribution < 1.29 is 0 Å². The van der Waals surface area contributed by atoms with Crippen LogP contribution in [0.1, 0.15) is 13.3 Å². The third kappa shape index (κ3) is 2.09. The molecule has 0 aromatic heterocycles. The van der Waals surface area contributed by atoms with E-state index in [1.807, 2.05) is 24.4 Å². The number of rotatable bonds is 0. The van der Waals surface area contributed by atoms with Gasteiger partial charge >= 0.3 is 0 Å². The molecule has 0 aromatic carbocycles. The molecule has 1 aliphatic heterocycles. The van der Waals surface area contributed by atoms with Crippen molar-refractivity contribution in [3.05, 3.63) is 36.6 Å². The lowest BCUT2D eigenvalue weighted by Crippen LogP contribution is -2.20. The van der Waals surface area contributed by atoms with Crippen molar-refractivity contribution >= 4 is 0 Å². The van der Waals surface area contributed by atoms with Gasteiger partial charge in [0, 0.05) is 6.04 Å². The predicted octanol–water partition coefficient (Wildman–Crippen LogP) is 1.99. The summed E-state index contributed by atoms with van der Waals surface area (Å²) in [5, 5.41) is 3.22. The van der Waals surface area contributed by atoms with Crippen molar-refractivity contribution in [2.75, 3.05) is 0 Å². The summed E-state index contributed by atoms with van der Waals surface area (Å²) in [5.74, 6) is 0. The maximum atomic E-state index is 3.91. The summed E-state index contributed by atoms with van der Waals surface area (Å²) < 4.78 is 0. The van der Waals surface area contributed by atoms with Gasteiger partial charge < -0.3 is 5.32 Å². The van der Waals surface area contributed by atoms with Crippen LogP contribution in [0.2, 0.25) is 0 Å². The molecule has 1 heteroatoms. The summed E-state index contributed by atoms with van der Waals surface area (Å²) in [7, 11) is 0. The van der Waals surface area contributed by atoms with Crippen LogP contribution in [0.4, 0.5) is 0 Å². The Balaban J connectivity index is 2.61. The van der Waals surface area contributed by atoms with E-state index in [2.05, 4.69) is 18.8 Å². The van der Waals surface area contributed by atoms with Gasteiger partial charge in [-0.3, -0.25) is 0 Å². The first-order chi connectivity index (χ1) is 4.79. The highest BCUT2D eigenvalue weighted by molar-refractivity contribution is 5.21. The molecule has 0 saturated heterocycles. The van der Waals surface area contributed by atoms with Gasteiger partial charge in [-0.05, 0) is 25.6 Å². The van der Waals surface area contributed by atoms with Gasteiger partial charge in [-0.15, -0.1) is 0 Å². The Morgan fingerprint density at radius 3 is 3.20 bits per heavy atom. The van der Waals surface area contributed by atoms with E-state index in [9.17, 15) is 0 Å². The highest BCUT2D eigenvalue weighted by Gasteiger charge is 1.99. The van der Waals surface area contributed by atoms with E-state index in [-0.39, 0.29) is 0 Å². The molecule has 1 rings (SSSR count). The lowest BCUT2D eigenvalue weighted by Gasteiger charge is -2.12. The molecule has 0 aromatic rings. The summed E-state index contributed by atoms with van der Waals surface area (Å²) in [6.45, 7) is 6.05. The molecular formula is C9H13N. The van der Waals surface area contributed by atoms with E-state index >= 15 is 0 Å². The maximum Gasteiger partial charge on any atom is 0.0267 e. The predicted molar refractivity (Wildman–Crippen MR) is 44.6 cm³/mol. The highest BCUT2D eigenvalue weighted by atomic mass is 14.9. The SMILES string of the molecule is C=C1/C=C\C=C/NC(C)C1. The number of hydrogen-bond acceptors (Lipinski definition) is 1. The van der Waals surface area contributed by atoms with E-state index in [0.717, 1.165) is 6.42 Å². The largest absolute Gasteiger partial charge is 0.388 e. The van der Waals surface area contributed by atoms with Gasteiger partial charge in [0.05, 0.1) is 0 Å². The molecule has 0 spiro atoms. The minimum atomic E-state index is 0.508. The Morgan fingerprint density at radius 2 is 2.40 bits per heavy atom. The van der Waals surface area contributed by atoms with E-state index in [4.69, 9.17) is 0 Å². The summed E-state index contributed by atoms with van der Waals surface area (Å²) in [4.78, 5) is 0. The van der Waals surface area contributed by atoms with Gasteiger partial charge in [0.2, 0.25) is 0 Å². The van der Waals surface area contributed by atoms with Crippen LogP contribution in [-0.2, 0) is 0 Å². The molecular weight excluding hydrogens is 122 g/mol. The number of allylic oxidation sites excluding steroid dienone is 3. The van der Waals surface area contributed by atoms with Gasteiger partial charge in [0.1, 0.15) is 0 Å². The molecule has 10 heavy (non-hydrogen) atoms. The van der Waals surface area contributed by atoms with Crippen LogP contribution in [0.5, 0.6) is 0 Å². The van der Waals surface area contributed by atoms with Crippen LogP contribution in [0.15, 0.2) is 36.6 Å². The molecule has 1 heterocycles. The molecule has 0 aliphatic carbocycles. The summed E-state index contributed by atoms with van der Waals surface area (Å²) >= 11 is 0. The molecule has 54 valence electrons.